The Labute approximate surface area is 199 Å². The fourth-order valence-corrected chi connectivity index (χ4v) is 4.70. The van der Waals surface area contributed by atoms with Crippen molar-refractivity contribution in [1.82, 2.24) is 19.9 Å². The molecular formula is C26H33N5O3. The van der Waals surface area contributed by atoms with E-state index >= 15 is 0 Å². The zero-order valence-electron chi connectivity index (χ0n) is 20.0. The minimum Gasteiger partial charge on any atom is -0.390 e. The van der Waals surface area contributed by atoms with Crippen LogP contribution in [0, 0.1) is 5.92 Å². The molecule has 3 heterocycles. The number of anilines is 1. The number of ketones is 1. The van der Waals surface area contributed by atoms with Crippen LogP contribution in [0.15, 0.2) is 36.8 Å². The van der Waals surface area contributed by atoms with Crippen LogP contribution >= 0.6 is 0 Å². The first-order valence-corrected chi connectivity index (χ1v) is 12.0. The molecule has 0 spiro atoms. The highest BCUT2D eigenvalue weighted by atomic mass is 16.3. The number of carbonyl (C=O) groups is 2. The molecule has 3 N–H and O–H groups in total. The van der Waals surface area contributed by atoms with Gasteiger partial charge in [0.2, 0.25) is 0 Å². The molecule has 3 aromatic rings. The molecule has 4 rings (SSSR count). The lowest BCUT2D eigenvalue weighted by molar-refractivity contribution is -0.118. The maximum absolute atomic E-state index is 13.3. The normalized spacial score (nSPS) is 18.3. The van der Waals surface area contributed by atoms with Crippen molar-refractivity contribution in [3.05, 3.63) is 48.0 Å². The van der Waals surface area contributed by atoms with Crippen LogP contribution in [-0.2, 0) is 11.4 Å². The van der Waals surface area contributed by atoms with Crippen LogP contribution in [0.4, 0.5) is 5.69 Å². The van der Waals surface area contributed by atoms with Gasteiger partial charge in [-0.1, -0.05) is 6.07 Å². The number of Topliss-reactive ketones (excluding diaryl/α,β-unsaturated/α-hetero) is 1. The summed E-state index contributed by atoms with van der Waals surface area (Å²) in [4.78, 5) is 29.0. The predicted octanol–water partition coefficient (Wildman–Crippen LogP) is 3.98. The summed E-state index contributed by atoms with van der Waals surface area (Å²) in [6.45, 7) is 5.62. The van der Waals surface area contributed by atoms with Crippen molar-refractivity contribution in [2.24, 2.45) is 5.92 Å². The lowest BCUT2D eigenvalue weighted by Gasteiger charge is -2.29. The highest BCUT2D eigenvalue weighted by molar-refractivity contribution is 6.03. The van der Waals surface area contributed by atoms with E-state index in [9.17, 15) is 14.7 Å². The zero-order chi connectivity index (χ0) is 24.2. The lowest BCUT2D eigenvalue weighted by Crippen LogP contribution is -2.38. The summed E-state index contributed by atoms with van der Waals surface area (Å²) in [5.41, 5.74) is 4.53. The second-order valence-corrected chi connectivity index (χ2v) is 9.58. The quantitative estimate of drug-likeness (QED) is 0.466. The molecule has 0 atom stereocenters. The molecule has 1 amide bonds. The van der Waals surface area contributed by atoms with Gasteiger partial charge in [0.1, 0.15) is 5.78 Å². The Kier molecular flexibility index (Phi) is 7.26. The van der Waals surface area contributed by atoms with E-state index < -0.39 is 0 Å². The van der Waals surface area contributed by atoms with E-state index in [4.69, 9.17) is 0 Å². The second kappa shape index (κ2) is 10.3. The molecule has 0 aliphatic heterocycles. The number of fused-ring (bicyclic) bond motifs is 1. The summed E-state index contributed by atoms with van der Waals surface area (Å²) in [7, 11) is 0. The Bertz CT molecular complexity index is 1160. The summed E-state index contributed by atoms with van der Waals surface area (Å²) < 4.78 is 1.77. The van der Waals surface area contributed by atoms with Gasteiger partial charge in [-0.25, -0.2) is 4.52 Å². The predicted molar refractivity (Wildman–Crippen MR) is 132 cm³/mol. The van der Waals surface area contributed by atoms with Crippen LogP contribution < -0.4 is 10.6 Å². The van der Waals surface area contributed by atoms with Crippen molar-refractivity contribution in [3.63, 3.8) is 0 Å². The topological polar surface area (TPSA) is 109 Å². The van der Waals surface area contributed by atoms with Crippen LogP contribution in [0.1, 0.15) is 68.9 Å². The van der Waals surface area contributed by atoms with E-state index in [1.165, 1.54) is 0 Å². The number of carbonyl (C=O) groups excluding carboxylic acids is 2. The van der Waals surface area contributed by atoms with E-state index in [-0.39, 0.29) is 30.4 Å². The molecule has 0 unspecified atom stereocenters. The van der Waals surface area contributed by atoms with Crippen molar-refractivity contribution in [3.8, 4) is 11.1 Å². The number of aliphatic hydroxyl groups is 1. The third kappa shape index (κ3) is 5.44. The van der Waals surface area contributed by atoms with Crippen molar-refractivity contribution < 1.29 is 14.7 Å². The van der Waals surface area contributed by atoms with Gasteiger partial charge >= 0.3 is 0 Å². The van der Waals surface area contributed by atoms with Gasteiger partial charge in [-0.2, -0.15) is 5.10 Å². The number of aliphatic hydroxyl groups excluding tert-OH is 1. The van der Waals surface area contributed by atoms with Crippen molar-refractivity contribution >= 4 is 22.9 Å². The number of hydrogen-bond acceptors (Lipinski definition) is 6. The average molecular weight is 464 g/mol. The summed E-state index contributed by atoms with van der Waals surface area (Å²) in [6.07, 6.45) is 9.59. The fourth-order valence-electron chi connectivity index (χ4n) is 4.70. The average Bonchev–Trinajstić information content (AvgIpc) is 3.25. The Morgan fingerprint density at radius 1 is 1.15 bits per heavy atom. The van der Waals surface area contributed by atoms with Crippen LogP contribution in [0.5, 0.6) is 0 Å². The SMILES string of the molecule is CC(=O)CC1CCC(NC(=O)c2cnn3cc(-c4ccc(CO)nc4)cc3c2NC(C)C)CC1. The van der Waals surface area contributed by atoms with Crippen molar-refractivity contribution in [2.75, 3.05) is 5.32 Å². The van der Waals surface area contributed by atoms with Gasteiger partial charge in [0, 0.05) is 42.0 Å². The van der Waals surface area contributed by atoms with Gasteiger partial charge in [0.25, 0.3) is 5.91 Å². The molecule has 3 aromatic heterocycles. The Morgan fingerprint density at radius 2 is 1.91 bits per heavy atom. The van der Waals surface area contributed by atoms with E-state index in [0.717, 1.165) is 48.0 Å². The molecular weight excluding hydrogens is 430 g/mol. The third-order valence-electron chi connectivity index (χ3n) is 6.39. The molecule has 0 radical (unpaired) electrons. The van der Waals surface area contributed by atoms with Gasteiger partial charge in [-0.05, 0) is 64.5 Å². The summed E-state index contributed by atoms with van der Waals surface area (Å²) in [6, 6.07) is 5.94. The molecule has 1 saturated carbocycles. The molecule has 0 bridgehead atoms. The molecule has 1 aliphatic carbocycles. The molecule has 180 valence electrons. The minimum absolute atomic E-state index is 0.0983. The first kappa shape index (κ1) is 23.9. The molecule has 0 saturated heterocycles. The van der Waals surface area contributed by atoms with Gasteiger partial charge in [-0.3, -0.25) is 9.78 Å². The minimum atomic E-state index is -0.134. The number of aromatic nitrogens is 3. The number of hydrogen-bond donors (Lipinski definition) is 3. The summed E-state index contributed by atoms with van der Waals surface area (Å²) in [5.74, 6) is 0.537. The van der Waals surface area contributed by atoms with E-state index in [1.54, 1.807) is 29.9 Å². The van der Waals surface area contributed by atoms with E-state index in [1.807, 2.05) is 32.2 Å². The molecule has 8 nitrogen and oxygen atoms in total. The first-order valence-electron chi connectivity index (χ1n) is 12.0. The van der Waals surface area contributed by atoms with Crippen molar-refractivity contribution in [2.45, 2.75) is 71.6 Å². The molecule has 0 aromatic carbocycles. The van der Waals surface area contributed by atoms with Crippen LogP contribution in [0.2, 0.25) is 0 Å². The Hall–Kier alpha value is -3.26. The molecule has 8 heteroatoms. The van der Waals surface area contributed by atoms with Gasteiger partial charge in [0.15, 0.2) is 0 Å². The molecule has 1 fully saturated rings. The molecule has 1 aliphatic rings. The number of pyridine rings is 1. The van der Waals surface area contributed by atoms with Gasteiger partial charge in [0.05, 0.1) is 35.3 Å². The highest BCUT2D eigenvalue weighted by Crippen LogP contribution is 2.30. The lowest BCUT2D eigenvalue weighted by atomic mass is 9.83. The fraction of sp³-hybridized carbons (Fsp3) is 0.462. The maximum atomic E-state index is 13.3. The number of rotatable bonds is 8. The number of amides is 1. The van der Waals surface area contributed by atoms with Crippen molar-refractivity contribution in [1.29, 1.82) is 0 Å². The Balaban J connectivity index is 1.58. The van der Waals surface area contributed by atoms with Crippen LogP contribution in [0.25, 0.3) is 16.6 Å². The smallest absolute Gasteiger partial charge is 0.255 e. The van der Waals surface area contributed by atoms with Gasteiger partial charge in [-0.15, -0.1) is 0 Å². The summed E-state index contributed by atoms with van der Waals surface area (Å²) >= 11 is 0. The zero-order valence-corrected chi connectivity index (χ0v) is 20.0. The molecule has 34 heavy (non-hydrogen) atoms. The van der Waals surface area contributed by atoms with E-state index in [0.29, 0.717) is 23.6 Å². The standard InChI is InChI=1S/C26H33N5O3/c1-16(2)29-25-23(26(34)30-21-7-4-18(5-8-21)10-17(3)33)13-28-31-14-20(11-24(25)31)19-6-9-22(15-32)27-12-19/h6,9,11-14,16,18,21,29,32H,4-5,7-8,10,15H2,1-3H3,(H,30,34). The monoisotopic (exact) mass is 463 g/mol. The Morgan fingerprint density at radius 3 is 2.53 bits per heavy atom. The van der Waals surface area contributed by atoms with Crippen LogP contribution in [0.3, 0.4) is 0 Å². The number of nitrogens with one attached hydrogen (secondary N) is 2. The van der Waals surface area contributed by atoms with E-state index in [2.05, 4.69) is 20.7 Å². The number of nitrogens with zero attached hydrogens (tertiary/aromatic N) is 3. The largest absolute Gasteiger partial charge is 0.390 e. The highest BCUT2D eigenvalue weighted by Gasteiger charge is 2.25. The van der Waals surface area contributed by atoms with Crippen LogP contribution in [-0.4, -0.2) is 43.5 Å². The maximum Gasteiger partial charge on any atom is 0.255 e. The summed E-state index contributed by atoms with van der Waals surface area (Å²) in [5, 5.41) is 20.4. The second-order valence-electron chi connectivity index (χ2n) is 9.58. The van der Waals surface area contributed by atoms with Gasteiger partial charge < -0.3 is 20.5 Å². The third-order valence-corrected chi connectivity index (χ3v) is 6.39. The first-order chi connectivity index (χ1) is 16.3.